The van der Waals surface area contributed by atoms with Crippen LogP contribution in [0.3, 0.4) is 0 Å². The minimum absolute atomic E-state index is 0.519. The van der Waals surface area contributed by atoms with Crippen LogP contribution in [-0.2, 0) is 12.4 Å². The van der Waals surface area contributed by atoms with E-state index >= 15 is 0 Å². The van der Waals surface area contributed by atoms with E-state index in [2.05, 4.69) is 54.8 Å². The summed E-state index contributed by atoms with van der Waals surface area (Å²) in [7, 11) is 0. The fourth-order valence-electron chi connectivity index (χ4n) is 5.26. The van der Waals surface area contributed by atoms with Crippen LogP contribution >= 0.6 is 13.8 Å². The van der Waals surface area contributed by atoms with Crippen molar-refractivity contribution in [3.8, 4) is 0 Å². The van der Waals surface area contributed by atoms with Gasteiger partial charge in [0.2, 0.25) is 0 Å². The molecule has 0 unspecified atom stereocenters. The Balaban J connectivity index is 1.67. The molecule has 0 aliphatic rings. The average Bonchev–Trinajstić information content (AvgIpc) is 3.00. The maximum atomic E-state index is 13.4. The van der Waals surface area contributed by atoms with Crippen LogP contribution in [0, 0.1) is 13.8 Å². The molecule has 0 heterocycles. The third-order valence-corrected chi connectivity index (χ3v) is 15.0. The van der Waals surface area contributed by atoms with Crippen molar-refractivity contribution in [3.63, 3.8) is 0 Å². The Bertz CT molecular complexity index is 1740. The van der Waals surface area contributed by atoms with E-state index in [9.17, 15) is 26.3 Å². The van der Waals surface area contributed by atoms with Crippen molar-refractivity contribution in [1.29, 1.82) is 0 Å². The Labute approximate surface area is 254 Å². The summed E-state index contributed by atoms with van der Waals surface area (Å²) in [6.45, 7) is -1.19. The van der Waals surface area contributed by atoms with Crippen molar-refractivity contribution in [2.24, 2.45) is 0 Å². The first-order chi connectivity index (χ1) is 20.6. The smallest absolute Gasteiger partial charge is 0.166 e. The Morgan fingerprint density at radius 1 is 0.364 bits per heavy atom. The molecule has 44 heavy (non-hydrogen) atoms. The van der Waals surface area contributed by atoms with Gasteiger partial charge in [0.05, 0.1) is 11.1 Å². The second kappa shape index (κ2) is 11.7. The topological polar surface area (TPSA) is 0 Å². The molecule has 0 nitrogen and oxygen atoms in total. The molecule has 0 atom stereocenters. The van der Waals surface area contributed by atoms with Gasteiger partial charge in [-0.1, -0.05) is 121 Å². The van der Waals surface area contributed by atoms with Crippen LogP contribution in [0.5, 0.6) is 0 Å². The summed E-state index contributed by atoms with van der Waals surface area (Å²) in [6.07, 6.45) is 0.290. The zero-order valence-electron chi connectivity index (χ0n) is 24.1. The highest BCUT2D eigenvalue weighted by Crippen LogP contribution is 2.45. The molecule has 8 heteroatoms. The predicted molar refractivity (Wildman–Crippen MR) is 178 cm³/mol. The highest BCUT2D eigenvalue weighted by atomic mass is 31.2. The van der Waals surface area contributed by atoms with E-state index in [4.69, 9.17) is 6.30 Å². The lowest BCUT2D eigenvalue weighted by Crippen LogP contribution is -2.29. The van der Waals surface area contributed by atoms with E-state index < -0.39 is 37.3 Å². The lowest BCUT2D eigenvalue weighted by molar-refractivity contribution is -0.138. The van der Waals surface area contributed by atoms with Gasteiger partial charge in [0.1, 0.15) is 0 Å². The van der Waals surface area contributed by atoms with Crippen LogP contribution in [-0.4, -0.2) is 12.6 Å². The van der Waals surface area contributed by atoms with Crippen LogP contribution in [0.25, 0.3) is 0 Å². The molecular formula is C36H30F6P2. The summed E-state index contributed by atoms with van der Waals surface area (Å²) in [4.78, 5) is 0. The fraction of sp³-hybridized carbons (Fsp3) is 0.111. The largest absolute Gasteiger partial charge is 0.416 e. The molecule has 0 radical (unpaired) electrons. The van der Waals surface area contributed by atoms with Gasteiger partial charge in [-0.05, 0) is 83.7 Å². The number of alkyl halides is 6. The molecule has 0 saturated heterocycles. The molecule has 0 amide bonds. The molecule has 0 N–H and O–H groups in total. The zero-order valence-corrected chi connectivity index (χ0v) is 25.9. The number of halogens is 6. The Hall–Kier alpha value is -3.72. The highest BCUT2D eigenvalue weighted by molar-refractivity contribution is 7.94. The number of benzene rings is 5. The molecule has 0 aliphatic carbocycles. The van der Waals surface area contributed by atoms with E-state index in [1.807, 2.05) is 38.1 Å². The van der Waals surface area contributed by atoms with Crippen molar-refractivity contribution in [2.75, 3.05) is 0 Å². The van der Waals surface area contributed by atoms with Crippen molar-refractivity contribution in [1.82, 2.24) is 0 Å². The van der Waals surface area contributed by atoms with Crippen LogP contribution in [0.4, 0.5) is 26.3 Å². The standard InChI is InChI=1S/C36H30F6P2/c1-25-5-13-29(14-6-25)43(3,30-15-7-26(2)8-16-30)33-21-23-34(24-22-33)44(4,31-17-9-27(10-18-31)35(37,38)39)32-19-11-28(12-20-32)36(40,41)42/h5-24H,3-4H2,1-2H3. The van der Waals surface area contributed by atoms with Gasteiger partial charge in [-0.15, -0.1) is 0 Å². The van der Waals surface area contributed by atoms with Crippen molar-refractivity contribution in [2.45, 2.75) is 26.2 Å². The van der Waals surface area contributed by atoms with Crippen molar-refractivity contribution in [3.05, 3.63) is 144 Å². The average molecular weight is 639 g/mol. The molecule has 0 saturated carbocycles. The van der Waals surface area contributed by atoms with Crippen molar-refractivity contribution >= 4 is 58.2 Å². The van der Waals surface area contributed by atoms with Crippen LogP contribution in [0.15, 0.2) is 121 Å². The van der Waals surface area contributed by atoms with Gasteiger partial charge in [0.15, 0.2) is 0 Å². The Kier molecular flexibility index (Phi) is 8.39. The van der Waals surface area contributed by atoms with Crippen LogP contribution < -0.4 is 31.8 Å². The molecular weight excluding hydrogens is 608 g/mol. The van der Waals surface area contributed by atoms with Gasteiger partial charge in [-0.3, -0.25) is 0 Å². The predicted octanol–water partition coefficient (Wildman–Crippen LogP) is 7.79. The third kappa shape index (κ3) is 5.99. The SMILES string of the molecule is C=P(c1ccc(C)cc1)(c1ccc(C)cc1)c1ccc(P(=C)(c2ccc(C(F)(F)F)cc2)c2ccc(C(F)(F)F)cc2)cc1. The molecule has 226 valence electrons. The second-order valence-electron chi connectivity index (χ2n) is 10.9. The first-order valence-electron chi connectivity index (χ1n) is 13.7. The summed E-state index contributed by atoms with van der Waals surface area (Å²) in [5.74, 6) is 0. The molecule has 0 spiro atoms. The molecule has 5 rings (SSSR count). The minimum Gasteiger partial charge on any atom is -0.166 e. The lowest BCUT2D eigenvalue weighted by atomic mass is 10.2. The van der Waals surface area contributed by atoms with Gasteiger partial charge in [0.25, 0.3) is 0 Å². The van der Waals surface area contributed by atoms with Gasteiger partial charge in [-0.2, -0.15) is 26.3 Å². The lowest BCUT2D eigenvalue weighted by Gasteiger charge is -2.30. The monoisotopic (exact) mass is 638 g/mol. The number of rotatable bonds is 6. The van der Waals surface area contributed by atoms with E-state index in [1.54, 1.807) is 0 Å². The molecule has 0 fully saturated rings. The molecule has 0 aromatic heterocycles. The van der Waals surface area contributed by atoms with E-state index in [1.165, 1.54) is 24.3 Å². The van der Waals surface area contributed by atoms with Gasteiger partial charge < -0.3 is 0 Å². The summed E-state index contributed by atoms with van der Waals surface area (Å²) in [5.41, 5.74) is 0.635. The minimum atomic E-state index is -4.52. The summed E-state index contributed by atoms with van der Waals surface area (Å²) >= 11 is 0. The first-order valence-corrected chi connectivity index (χ1v) is 17.7. The molecule has 0 aliphatic heterocycles. The Morgan fingerprint density at radius 2 is 0.545 bits per heavy atom. The normalized spacial score (nSPS) is 12.7. The number of hydrogen-bond acceptors (Lipinski definition) is 0. The number of hydrogen-bond donors (Lipinski definition) is 0. The van der Waals surface area contributed by atoms with E-state index in [0.29, 0.717) is 10.6 Å². The summed E-state index contributed by atoms with van der Waals surface area (Å²) in [6, 6.07) is 33.8. The van der Waals surface area contributed by atoms with Gasteiger partial charge in [-0.25, -0.2) is 0 Å². The molecule has 5 aromatic rings. The maximum Gasteiger partial charge on any atom is 0.416 e. The highest BCUT2D eigenvalue weighted by Gasteiger charge is 2.33. The van der Waals surface area contributed by atoms with Gasteiger partial charge in [0, 0.05) is 0 Å². The van der Waals surface area contributed by atoms with Crippen LogP contribution in [0.1, 0.15) is 22.3 Å². The second-order valence-corrected chi connectivity index (χ2v) is 17.2. The maximum absolute atomic E-state index is 13.4. The van der Waals surface area contributed by atoms with Crippen LogP contribution in [0.2, 0.25) is 0 Å². The van der Waals surface area contributed by atoms with E-state index in [-0.39, 0.29) is 0 Å². The first kappa shape index (κ1) is 31.7. The van der Waals surface area contributed by atoms with E-state index in [0.717, 1.165) is 56.6 Å². The van der Waals surface area contributed by atoms with Gasteiger partial charge >= 0.3 is 12.4 Å². The Morgan fingerprint density at radius 3 is 0.750 bits per heavy atom. The zero-order chi connectivity index (χ0) is 31.9. The summed E-state index contributed by atoms with van der Waals surface area (Å²) < 4.78 is 80.3. The molecule has 5 aromatic carbocycles. The third-order valence-electron chi connectivity index (χ3n) is 7.95. The summed E-state index contributed by atoms with van der Waals surface area (Å²) in [5, 5.41) is 4.92. The van der Waals surface area contributed by atoms with Crippen molar-refractivity contribution < 1.29 is 26.3 Å². The quantitative estimate of drug-likeness (QED) is 0.132. The molecule has 0 bridgehead atoms. The number of aryl methyl sites for hydroxylation is 2. The fourth-order valence-corrected chi connectivity index (χ4v) is 11.0.